The van der Waals surface area contributed by atoms with E-state index in [4.69, 9.17) is 16.0 Å². The fourth-order valence-electron chi connectivity index (χ4n) is 1.39. The lowest BCUT2D eigenvalue weighted by Crippen LogP contribution is -2.21. The fourth-order valence-corrected chi connectivity index (χ4v) is 1.55. The maximum atomic E-state index is 9.62. The van der Waals surface area contributed by atoms with Gasteiger partial charge >= 0.3 is 0 Å². The van der Waals surface area contributed by atoms with Gasteiger partial charge in [0.2, 0.25) is 0 Å². The highest BCUT2D eigenvalue weighted by molar-refractivity contribution is 6.31. The predicted octanol–water partition coefficient (Wildman–Crippen LogP) is 2.79. The van der Waals surface area contributed by atoms with Crippen LogP contribution in [0.1, 0.15) is 19.7 Å². The summed E-state index contributed by atoms with van der Waals surface area (Å²) in [6, 6.07) is 5.28. The van der Waals surface area contributed by atoms with Crippen LogP contribution >= 0.6 is 11.6 Å². The topological polar surface area (TPSA) is 46.3 Å². The number of rotatable bonds is 2. The number of oxazole rings is 1. The molecule has 2 aromatic rings. The average molecular weight is 226 g/mol. The van der Waals surface area contributed by atoms with Gasteiger partial charge < -0.3 is 9.52 Å². The molecule has 15 heavy (non-hydrogen) atoms. The molecule has 0 unspecified atom stereocenters. The monoisotopic (exact) mass is 225 g/mol. The van der Waals surface area contributed by atoms with Crippen LogP contribution in [0.25, 0.3) is 11.1 Å². The van der Waals surface area contributed by atoms with Crippen molar-refractivity contribution in [3.05, 3.63) is 29.1 Å². The van der Waals surface area contributed by atoms with Crippen molar-refractivity contribution < 1.29 is 9.52 Å². The Morgan fingerprint density at radius 1 is 1.47 bits per heavy atom. The van der Waals surface area contributed by atoms with E-state index in [-0.39, 0.29) is 0 Å². The van der Waals surface area contributed by atoms with Crippen molar-refractivity contribution >= 4 is 22.7 Å². The molecule has 1 aromatic heterocycles. The minimum atomic E-state index is -0.815. The van der Waals surface area contributed by atoms with E-state index in [0.717, 1.165) is 5.52 Å². The van der Waals surface area contributed by atoms with E-state index in [0.29, 0.717) is 22.9 Å². The van der Waals surface area contributed by atoms with E-state index in [1.807, 2.05) is 0 Å². The van der Waals surface area contributed by atoms with Crippen LogP contribution in [0.2, 0.25) is 5.02 Å². The minimum absolute atomic E-state index is 0.388. The molecule has 3 nitrogen and oxygen atoms in total. The molecule has 4 heteroatoms. The van der Waals surface area contributed by atoms with Crippen molar-refractivity contribution in [3.8, 4) is 0 Å². The SMILES string of the molecule is CC(C)(O)Cc1nc2ccc(Cl)cc2o1. The number of aromatic nitrogens is 1. The van der Waals surface area contributed by atoms with Crippen molar-refractivity contribution in [1.29, 1.82) is 0 Å². The Kier molecular flexibility index (Phi) is 2.44. The summed E-state index contributed by atoms with van der Waals surface area (Å²) in [5, 5.41) is 10.2. The summed E-state index contributed by atoms with van der Waals surface area (Å²) in [4.78, 5) is 4.25. The third-order valence-corrected chi connectivity index (χ3v) is 2.21. The summed E-state index contributed by atoms with van der Waals surface area (Å²) in [6.45, 7) is 3.43. The Morgan fingerprint density at radius 3 is 2.87 bits per heavy atom. The first-order valence-electron chi connectivity index (χ1n) is 4.71. The van der Waals surface area contributed by atoms with Gasteiger partial charge in [0, 0.05) is 11.1 Å². The van der Waals surface area contributed by atoms with Crippen LogP contribution in [-0.2, 0) is 6.42 Å². The van der Waals surface area contributed by atoms with Crippen molar-refractivity contribution in [2.75, 3.05) is 0 Å². The van der Waals surface area contributed by atoms with Crippen molar-refractivity contribution in [2.24, 2.45) is 0 Å². The molecule has 0 bridgehead atoms. The Bertz CT molecular complexity index is 485. The van der Waals surface area contributed by atoms with Gasteiger partial charge in [0.1, 0.15) is 5.52 Å². The average Bonchev–Trinajstić information content (AvgIpc) is 2.42. The number of halogens is 1. The maximum Gasteiger partial charge on any atom is 0.198 e. The van der Waals surface area contributed by atoms with E-state index in [2.05, 4.69) is 4.98 Å². The van der Waals surface area contributed by atoms with Crippen molar-refractivity contribution in [2.45, 2.75) is 25.9 Å². The number of aliphatic hydroxyl groups is 1. The summed E-state index contributed by atoms with van der Waals surface area (Å²) in [5.41, 5.74) is 0.602. The van der Waals surface area contributed by atoms with E-state index in [1.165, 1.54) is 0 Å². The fraction of sp³-hybridized carbons (Fsp3) is 0.364. The van der Waals surface area contributed by atoms with Gasteiger partial charge in [-0.25, -0.2) is 4.98 Å². The molecule has 0 saturated carbocycles. The first kappa shape index (κ1) is 10.5. The quantitative estimate of drug-likeness (QED) is 0.855. The molecule has 1 N–H and O–H groups in total. The van der Waals surface area contributed by atoms with Gasteiger partial charge in [0.15, 0.2) is 11.5 Å². The molecule has 0 amide bonds. The molecule has 0 aliphatic carbocycles. The Balaban J connectivity index is 2.39. The second kappa shape index (κ2) is 3.51. The van der Waals surface area contributed by atoms with Crippen LogP contribution in [-0.4, -0.2) is 15.7 Å². The molecule has 0 fully saturated rings. The van der Waals surface area contributed by atoms with Crippen LogP contribution in [0.15, 0.2) is 22.6 Å². The Labute approximate surface area is 92.7 Å². The molecule has 0 aliphatic heterocycles. The lowest BCUT2D eigenvalue weighted by Gasteiger charge is -2.13. The van der Waals surface area contributed by atoms with Crippen LogP contribution in [0.3, 0.4) is 0 Å². The predicted molar refractivity (Wildman–Crippen MR) is 59.0 cm³/mol. The zero-order chi connectivity index (χ0) is 11.1. The molecule has 1 heterocycles. The number of nitrogens with zero attached hydrogens (tertiary/aromatic N) is 1. The standard InChI is InChI=1S/C11H12ClNO2/c1-11(2,14)6-10-13-8-4-3-7(12)5-9(8)15-10/h3-5,14H,6H2,1-2H3. The molecular weight excluding hydrogens is 214 g/mol. The summed E-state index contributed by atoms with van der Waals surface area (Å²) in [5.74, 6) is 0.528. The maximum absolute atomic E-state index is 9.62. The Morgan fingerprint density at radius 2 is 2.20 bits per heavy atom. The largest absolute Gasteiger partial charge is 0.441 e. The van der Waals surface area contributed by atoms with Crippen LogP contribution in [0.4, 0.5) is 0 Å². The van der Waals surface area contributed by atoms with Crippen LogP contribution in [0, 0.1) is 0 Å². The van der Waals surface area contributed by atoms with Gasteiger partial charge in [-0.2, -0.15) is 0 Å². The highest BCUT2D eigenvalue weighted by atomic mass is 35.5. The molecule has 0 spiro atoms. The number of hydrogen-bond donors (Lipinski definition) is 1. The highest BCUT2D eigenvalue weighted by Crippen LogP contribution is 2.22. The van der Waals surface area contributed by atoms with Gasteiger partial charge in [-0.3, -0.25) is 0 Å². The molecule has 0 aliphatic rings. The molecule has 0 saturated heterocycles. The Hall–Kier alpha value is -1.06. The minimum Gasteiger partial charge on any atom is -0.441 e. The summed E-state index contributed by atoms with van der Waals surface area (Å²) < 4.78 is 5.47. The van der Waals surface area contributed by atoms with E-state index >= 15 is 0 Å². The zero-order valence-electron chi connectivity index (χ0n) is 8.62. The van der Waals surface area contributed by atoms with E-state index in [9.17, 15) is 5.11 Å². The third kappa shape index (κ3) is 2.49. The van der Waals surface area contributed by atoms with Gasteiger partial charge in [-0.05, 0) is 26.0 Å². The molecule has 1 aromatic carbocycles. The van der Waals surface area contributed by atoms with Crippen LogP contribution < -0.4 is 0 Å². The number of hydrogen-bond acceptors (Lipinski definition) is 3. The smallest absolute Gasteiger partial charge is 0.198 e. The van der Waals surface area contributed by atoms with Gasteiger partial charge in [0.25, 0.3) is 0 Å². The molecular formula is C11H12ClNO2. The molecule has 0 atom stereocenters. The second-order valence-corrected chi connectivity index (χ2v) is 4.65. The van der Waals surface area contributed by atoms with Gasteiger partial charge in [0.05, 0.1) is 12.0 Å². The van der Waals surface area contributed by atoms with E-state index in [1.54, 1.807) is 32.0 Å². The third-order valence-electron chi connectivity index (χ3n) is 1.98. The molecule has 80 valence electrons. The first-order valence-corrected chi connectivity index (χ1v) is 5.09. The molecule has 0 radical (unpaired) electrons. The highest BCUT2D eigenvalue weighted by Gasteiger charge is 2.17. The first-order chi connectivity index (χ1) is 6.94. The summed E-state index contributed by atoms with van der Waals surface area (Å²) in [6.07, 6.45) is 0.388. The lowest BCUT2D eigenvalue weighted by molar-refractivity contribution is 0.0742. The molecule has 2 rings (SSSR count). The summed E-state index contributed by atoms with van der Waals surface area (Å²) >= 11 is 5.82. The number of benzene rings is 1. The van der Waals surface area contributed by atoms with E-state index < -0.39 is 5.60 Å². The summed E-state index contributed by atoms with van der Waals surface area (Å²) in [7, 11) is 0. The zero-order valence-corrected chi connectivity index (χ0v) is 9.38. The normalized spacial score (nSPS) is 12.3. The lowest BCUT2D eigenvalue weighted by atomic mass is 10.1. The van der Waals surface area contributed by atoms with Crippen molar-refractivity contribution in [3.63, 3.8) is 0 Å². The van der Waals surface area contributed by atoms with Crippen LogP contribution in [0.5, 0.6) is 0 Å². The van der Waals surface area contributed by atoms with Crippen molar-refractivity contribution in [1.82, 2.24) is 4.98 Å². The second-order valence-electron chi connectivity index (χ2n) is 4.21. The van der Waals surface area contributed by atoms with Gasteiger partial charge in [-0.1, -0.05) is 11.6 Å². The number of fused-ring (bicyclic) bond motifs is 1. The van der Waals surface area contributed by atoms with Gasteiger partial charge in [-0.15, -0.1) is 0 Å².